The van der Waals surface area contributed by atoms with Gasteiger partial charge in [0.05, 0.1) is 10.7 Å². The van der Waals surface area contributed by atoms with E-state index in [9.17, 15) is 13.6 Å². The first-order valence-corrected chi connectivity index (χ1v) is 10.7. The number of hydrogen-bond acceptors (Lipinski definition) is 3. The van der Waals surface area contributed by atoms with Gasteiger partial charge in [0, 0.05) is 22.8 Å². The van der Waals surface area contributed by atoms with Gasteiger partial charge in [-0.25, -0.2) is 13.8 Å². The molecule has 28 heavy (non-hydrogen) atoms. The van der Waals surface area contributed by atoms with E-state index >= 15 is 0 Å². The predicted molar refractivity (Wildman–Crippen MR) is 108 cm³/mol. The van der Waals surface area contributed by atoms with Gasteiger partial charge >= 0.3 is 5.97 Å². The fourth-order valence-electron chi connectivity index (χ4n) is 3.72. The maximum Gasteiger partial charge on any atom is 0.303 e. The smallest absolute Gasteiger partial charge is 0.303 e. The third kappa shape index (κ3) is 5.31. The van der Waals surface area contributed by atoms with Crippen LogP contribution in [0.3, 0.4) is 0 Å². The van der Waals surface area contributed by atoms with Crippen molar-refractivity contribution < 1.29 is 18.7 Å². The van der Waals surface area contributed by atoms with Gasteiger partial charge in [0.1, 0.15) is 11.6 Å². The van der Waals surface area contributed by atoms with E-state index < -0.39 is 17.6 Å². The second-order valence-corrected chi connectivity index (χ2v) is 8.75. The highest BCUT2D eigenvalue weighted by Crippen LogP contribution is 2.35. The number of benzene rings is 1. The Hall–Kier alpha value is -1.95. The molecule has 1 heterocycles. The van der Waals surface area contributed by atoms with Crippen LogP contribution in [0.25, 0.3) is 11.3 Å². The average Bonchev–Trinajstić information content (AvgIpc) is 3.14. The maximum absolute atomic E-state index is 14.7. The van der Waals surface area contributed by atoms with E-state index in [2.05, 4.69) is 4.98 Å². The van der Waals surface area contributed by atoms with Gasteiger partial charge in [-0.15, -0.1) is 11.8 Å². The number of carbonyl (C=O) groups is 1. The van der Waals surface area contributed by atoms with Gasteiger partial charge in [-0.1, -0.05) is 25.8 Å². The molecule has 1 aliphatic rings. The first kappa shape index (κ1) is 20.8. The number of carboxylic acids is 1. The van der Waals surface area contributed by atoms with Gasteiger partial charge in [0.25, 0.3) is 0 Å². The molecule has 6 heteroatoms. The van der Waals surface area contributed by atoms with Crippen LogP contribution in [0.5, 0.6) is 0 Å². The maximum atomic E-state index is 14.7. The molecule has 3 nitrogen and oxygen atoms in total. The number of aromatic nitrogens is 1. The summed E-state index contributed by atoms with van der Waals surface area (Å²) in [5.74, 6) is -2.49. The molecule has 2 aromatic rings. The second-order valence-electron chi connectivity index (χ2n) is 7.43. The lowest BCUT2D eigenvalue weighted by molar-refractivity contribution is -0.137. The van der Waals surface area contributed by atoms with Crippen LogP contribution < -0.4 is 0 Å². The molecule has 1 fully saturated rings. The van der Waals surface area contributed by atoms with Gasteiger partial charge in [0.2, 0.25) is 0 Å². The topological polar surface area (TPSA) is 50.2 Å². The standard InChI is InChI=1S/C22H25F2NO2S/c1-14(6-4-11-21(26)27)22-17(23)12-15(13-18(22)24)19-9-5-10-20(25-19)28-16-7-2-3-8-16/h5,9-10,12-14,16H,2-4,6-8,11H2,1H3,(H,26,27). The highest BCUT2D eigenvalue weighted by molar-refractivity contribution is 7.99. The molecule has 1 aliphatic carbocycles. The summed E-state index contributed by atoms with van der Waals surface area (Å²) < 4.78 is 29.3. The van der Waals surface area contributed by atoms with Crippen LogP contribution in [0.2, 0.25) is 0 Å². The lowest BCUT2D eigenvalue weighted by atomic mass is 9.93. The third-order valence-corrected chi connectivity index (χ3v) is 6.48. The number of rotatable bonds is 8. The number of carboxylic acid groups (broad SMARTS) is 1. The summed E-state index contributed by atoms with van der Waals surface area (Å²) in [7, 11) is 0. The molecule has 3 rings (SSSR count). The molecule has 0 amide bonds. The van der Waals surface area contributed by atoms with E-state index in [0.717, 1.165) is 5.03 Å². The van der Waals surface area contributed by atoms with Crippen LogP contribution in [0.4, 0.5) is 8.78 Å². The first-order valence-electron chi connectivity index (χ1n) is 9.79. The fraction of sp³-hybridized carbons (Fsp3) is 0.455. The normalized spacial score (nSPS) is 15.7. The van der Waals surface area contributed by atoms with Crippen LogP contribution in [0.15, 0.2) is 35.4 Å². The minimum atomic E-state index is -0.898. The van der Waals surface area contributed by atoms with Crippen molar-refractivity contribution in [3.05, 3.63) is 47.5 Å². The highest BCUT2D eigenvalue weighted by Gasteiger charge is 2.20. The molecule has 1 N–H and O–H groups in total. The molecule has 1 aromatic heterocycles. The van der Waals surface area contributed by atoms with E-state index in [4.69, 9.17) is 5.11 Å². The Bertz CT molecular complexity index is 814. The van der Waals surface area contributed by atoms with Crippen LogP contribution in [-0.2, 0) is 4.79 Å². The number of thioether (sulfide) groups is 1. The fourth-order valence-corrected chi connectivity index (χ4v) is 4.94. The van der Waals surface area contributed by atoms with Crippen LogP contribution in [-0.4, -0.2) is 21.3 Å². The predicted octanol–water partition coefficient (Wildman–Crippen LogP) is 6.42. The van der Waals surface area contributed by atoms with Crippen molar-refractivity contribution in [2.45, 2.75) is 68.1 Å². The Morgan fingerprint density at radius 2 is 1.93 bits per heavy atom. The molecule has 1 aromatic carbocycles. The quantitative estimate of drug-likeness (QED) is 0.550. The zero-order valence-corrected chi connectivity index (χ0v) is 16.8. The largest absolute Gasteiger partial charge is 0.481 e. The van der Waals surface area contributed by atoms with Crippen molar-refractivity contribution in [1.82, 2.24) is 4.98 Å². The zero-order chi connectivity index (χ0) is 20.1. The van der Waals surface area contributed by atoms with Crippen LogP contribution in [0, 0.1) is 11.6 Å². The van der Waals surface area contributed by atoms with Crippen molar-refractivity contribution in [2.75, 3.05) is 0 Å². The van der Waals surface area contributed by atoms with Gasteiger partial charge in [-0.05, 0) is 55.9 Å². The second kappa shape index (κ2) is 9.50. The summed E-state index contributed by atoms with van der Waals surface area (Å²) in [6.45, 7) is 1.72. The monoisotopic (exact) mass is 405 g/mol. The molecule has 0 aliphatic heterocycles. The summed E-state index contributed by atoms with van der Waals surface area (Å²) in [5, 5.41) is 10.2. The summed E-state index contributed by atoms with van der Waals surface area (Å²) in [6, 6.07) is 8.25. The molecule has 0 spiro atoms. The zero-order valence-electron chi connectivity index (χ0n) is 16.0. The van der Waals surface area contributed by atoms with Gasteiger partial charge in [-0.3, -0.25) is 4.79 Å². The lowest BCUT2D eigenvalue weighted by Gasteiger charge is -2.15. The number of hydrogen-bond donors (Lipinski definition) is 1. The molecule has 1 atom stereocenters. The average molecular weight is 406 g/mol. The molecule has 0 bridgehead atoms. The van der Waals surface area contributed by atoms with Gasteiger partial charge < -0.3 is 5.11 Å². The summed E-state index contributed by atoms with van der Waals surface area (Å²) in [6.07, 6.45) is 5.69. The summed E-state index contributed by atoms with van der Waals surface area (Å²) in [5.41, 5.74) is 1.00. The van der Waals surface area contributed by atoms with Crippen molar-refractivity contribution in [3.8, 4) is 11.3 Å². The molecule has 150 valence electrons. The molecular weight excluding hydrogens is 380 g/mol. The van der Waals surface area contributed by atoms with Crippen LogP contribution in [0.1, 0.15) is 63.4 Å². The van der Waals surface area contributed by atoms with Gasteiger partial charge in [0.15, 0.2) is 0 Å². The Labute approximate surface area is 168 Å². The molecule has 0 radical (unpaired) electrons. The Morgan fingerprint density at radius 3 is 2.57 bits per heavy atom. The number of halogens is 2. The molecule has 0 saturated heterocycles. The summed E-state index contributed by atoms with van der Waals surface area (Å²) >= 11 is 1.74. The third-order valence-electron chi connectivity index (χ3n) is 5.21. The van der Waals surface area contributed by atoms with Crippen molar-refractivity contribution in [3.63, 3.8) is 0 Å². The van der Waals surface area contributed by atoms with E-state index in [1.807, 2.05) is 12.1 Å². The van der Waals surface area contributed by atoms with E-state index in [1.54, 1.807) is 24.8 Å². The van der Waals surface area contributed by atoms with Crippen molar-refractivity contribution in [2.24, 2.45) is 0 Å². The Balaban J connectivity index is 1.77. The number of aliphatic carboxylic acids is 1. The number of nitrogens with zero attached hydrogens (tertiary/aromatic N) is 1. The number of pyridine rings is 1. The Morgan fingerprint density at radius 1 is 1.25 bits per heavy atom. The van der Waals surface area contributed by atoms with E-state index in [1.165, 1.54) is 37.8 Å². The Kier molecular flexibility index (Phi) is 7.05. The summed E-state index contributed by atoms with van der Waals surface area (Å²) in [4.78, 5) is 15.2. The van der Waals surface area contributed by atoms with Crippen molar-refractivity contribution >= 4 is 17.7 Å². The highest BCUT2D eigenvalue weighted by atomic mass is 32.2. The molecular formula is C22H25F2NO2S. The minimum absolute atomic E-state index is 0.00103. The molecule has 1 saturated carbocycles. The van der Waals surface area contributed by atoms with E-state index in [0.29, 0.717) is 29.3 Å². The van der Waals surface area contributed by atoms with E-state index in [-0.39, 0.29) is 17.9 Å². The first-order chi connectivity index (χ1) is 13.4. The van der Waals surface area contributed by atoms with Crippen LogP contribution >= 0.6 is 11.8 Å². The minimum Gasteiger partial charge on any atom is -0.481 e. The molecule has 1 unspecified atom stereocenters. The van der Waals surface area contributed by atoms with Crippen molar-refractivity contribution in [1.29, 1.82) is 0 Å². The SMILES string of the molecule is CC(CCCC(=O)O)c1c(F)cc(-c2cccc(SC3CCCC3)n2)cc1F. The lowest BCUT2D eigenvalue weighted by Crippen LogP contribution is -2.04. The van der Waals surface area contributed by atoms with Gasteiger partial charge in [-0.2, -0.15) is 0 Å².